The highest BCUT2D eigenvalue weighted by Gasteiger charge is 2.32. The van der Waals surface area contributed by atoms with Gasteiger partial charge in [-0.25, -0.2) is 0 Å². The molecule has 2 N–H and O–H groups in total. The topological polar surface area (TPSA) is 88.0 Å². The third-order valence-corrected chi connectivity index (χ3v) is 3.35. The van der Waals surface area contributed by atoms with Crippen LogP contribution in [0, 0.1) is 5.41 Å². The van der Waals surface area contributed by atoms with Gasteiger partial charge in [-0.3, -0.25) is 9.59 Å². The fourth-order valence-corrected chi connectivity index (χ4v) is 1.82. The van der Waals surface area contributed by atoms with Crippen molar-refractivity contribution in [3.8, 4) is 0 Å². The van der Waals surface area contributed by atoms with Crippen LogP contribution in [0.25, 0.3) is 0 Å². The van der Waals surface area contributed by atoms with Gasteiger partial charge in [-0.2, -0.15) is 0 Å². The molecule has 112 valence electrons. The van der Waals surface area contributed by atoms with Gasteiger partial charge in [0.1, 0.15) is 0 Å². The van der Waals surface area contributed by atoms with Crippen molar-refractivity contribution in [3.05, 3.63) is 35.9 Å². The molecule has 1 aromatic rings. The van der Waals surface area contributed by atoms with Crippen molar-refractivity contribution in [2.24, 2.45) is 10.6 Å². The number of benzene rings is 1. The van der Waals surface area contributed by atoms with E-state index in [4.69, 9.17) is 9.94 Å². The summed E-state index contributed by atoms with van der Waals surface area (Å²) >= 11 is 0. The highest BCUT2D eigenvalue weighted by molar-refractivity contribution is 6.04. The molecule has 21 heavy (non-hydrogen) atoms. The van der Waals surface area contributed by atoms with E-state index in [2.05, 4.69) is 10.5 Å². The summed E-state index contributed by atoms with van der Waals surface area (Å²) < 4.78 is 0. The van der Waals surface area contributed by atoms with Crippen molar-refractivity contribution in [3.63, 3.8) is 0 Å². The van der Waals surface area contributed by atoms with Crippen LogP contribution >= 0.6 is 0 Å². The van der Waals surface area contributed by atoms with E-state index in [0.29, 0.717) is 12.1 Å². The Kier molecular flexibility index (Phi) is 4.26. The van der Waals surface area contributed by atoms with Crippen LogP contribution in [-0.2, 0) is 14.4 Å². The SMILES string of the molecule is CC(C)(CNC(=O)C1CC(c2ccccc2)=NO1)C(=O)O. The predicted molar refractivity (Wildman–Crippen MR) is 76.9 cm³/mol. The average Bonchev–Trinajstić information content (AvgIpc) is 2.95. The van der Waals surface area contributed by atoms with E-state index in [1.54, 1.807) is 13.8 Å². The Balaban J connectivity index is 1.89. The number of hydrogen-bond acceptors (Lipinski definition) is 4. The normalized spacial score (nSPS) is 17.8. The molecule has 1 atom stereocenters. The van der Waals surface area contributed by atoms with E-state index in [1.165, 1.54) is 0 Å². The lowest BCUT2D eigenvalue weighted by molar-refractivity contribution is -0.147. The number of nitrogens with one attached hydrogen (secondary N) is 1. The maximum Gasteiger partial charge on any atom is 0.310 e. The largest absolute Gasteiger partial charge is 0.481 e. The number of hydrogen-bond donors (Lipinski definition) is 2. The second kappa shape index (κ2) is 5.95. The smallest absolute Gasteiger partial charge is 0.310 e. The Morgan fingerprint density at radius 1 is 1.38 bits per heavy atom. The molecule has 2 rings (SSSR count). The van der Waals surface area contributed by atoms with Gasteiger partial charge >= 0.3 is 5.97 Å². The van der Waals surface area contributed by atoms with Crippen molar-refractivity contribution in [1.82, 2.24) is 5.32 Å². The Bertz CT molecular complexity index is 566. The Hall–Kier alpha value is -2.37. The average molecular weight is 290 g/mol. The zero-order valence-corrected chi connectivity index (χ0v) is 12.0. The fourth-order valence-electron chi connectivity index (χ4n) is 1.82. The molecular formula is C15H18N2O4. The predicted octanol–water partition coefficient (Wildman–Crippen LogP) is 1.41. The number of amides is 1. The molecule has 0 aliphatic carbocycles. The lowest BCUT2D eigenvalue weighted by Gasteiger charge is -2.20. The molecule has 0 saturated carbocycles. The van der Waals surface area contributed by atoms with Gasteiger partial charge < -0.3 is 15.3 Å². The first-order valence-electron chi connectivity index (χ1n) is 6.69. The van der Waals surface area contributed by atoms with Crippen molar-refractivity contribution in [2.75, 3.05) is 6.54 Å². The molecule has 0 fully saturated rings. The van der Waals surface area contributed by atoms with Crippen molar-refractivity contribution >= 4 is 17.6 Å². The summed E-state index contributed by atoms with van der Waals surface area (Å²) in [5.41, 5.74) is 0.615. The maximum absolute atomic E-state index is 12.0. The van der Waals surface area contributed by atoms with E-state index in [0.717, 1.165) is 5.56 Å². The van der Waals surface area contributed by atoms with Gasteiger partial charge in [-0.1, -0.05) is 35.5 Å². The Morgan fingerprint density at radius 3 is 2.67 bits per heavy atom. The Morgan fingerprint density at radius 2 is 2.05 bits per heavy atom. The van der Waals surface area contributed by atoms with Gasteiger partial charge in [0.05, 0.1) is 11.1 Å². The second-order valence-electron chi connectivity index (χ2n) is 5.61. The number of aliphatic carboxylic acids is 1. The summed E-state index contributed by atoms with van der Waals surface area (Å²) in [5, 5.41) is 15.5. The monoisotopic (exact) mass is 290 g/mol. The minimum Gasteiger partial charge on any atom is -0.481 e. The molecule has 1 aliphatic rings. The highest BCUT2D eigenvalue weighted by Crippen LogP contribution is 2.18. The van der Waals surface area contributed by atoms with Gasteiger partial charge in [0.15, 0.2) is 0 Å². The molecule has 0 bridgehead atoms. The molecule has 6 heteroatoms. The number of carbonyl (C=O) groups excluding carboxylic acids is 1. The van der Waals surface area contributed by atoms with Gasteiger partial charge in [0.25, 0.3) is 5.91 Å². The summed E-state index contributed by atoms with van der Waals surface area (Å²) in [6.07, 6.45) is -0.326. The molecule has 1 unspecified atom stereocenters. The summed E-state index contributed by atoms with van der Waals surface area (Å²) in [5.74, 6) is -1.31. The molecular weight excluding hydrogens is 272 g/mol. The molecule has 0 aromatic heterocycles. The summed E-state index contributed by atoms with van der Waals surface area (Å²) in [4.78, 5) is 28.1. The van der Waals surface area contributed by atoms with Crippen LogP contribution < -0.4 is 5.32 Å². The number of carbonyl (C=O) groups is 2. The van der Waals surface area contributed by atoms with Crippen LogP contribution in [0.1, 0.15) is 25.8 Å². The highest BCUT2D eigenvalue weighted by atomic mass is 16.6. The minimum atomic E-state index is -1.02. The minimum absolute atomic E-state index is 0.0434. The number of nitrogens with zero attached hydrogens (tertiary/aromatic N) is 1. The molecule has 1 amide bonds. The van der Waals surface area contributed by atoms with Crippen molar-refractivity contribution < 1.29 is 19.5 Å². The molecule has 0 spiro atoms. The summed E-state index contributed by atoms with van der Waals surface area (Å²) in [6.45, 7) is 3.15. The van der Waals surface area contributed by atoms with Gasteiger partial charge in [-0.15, -0.1) is 0 Å². The first-order valence-corrected chi connectivity index (χ1v) is 6.69. The first-order chi connectivity index (χ1) is 9.90. The van der Waals surface area contributed by atoms with E-state index in [1.807, 2.05) is 30.3 Å². The summed E-state index contributed by atoms with van der Waals surface area (Å²) in [7, 11) is 0. The summed E-state index contributed by atoms with van der Waals surface area (Å²) in [6, 6.07) is 9.48. The van der Waals surface area contributed by atoms with Crippen LogP contribution in [0.5, 0.6) is 0 Å². The number of carboxylic acid groups (broad SMARTS) is 1. The molecule has 1 aliphatic heterocycles. The van der Waals surface area contributed by atoms with Crippen LogP contribution in [0.2, 0.25) is 0 Å². The maximum atomic E-state index is 12.0. The molecule has 0 saturated heterocycles. The van der Waals surface area contributed by atoms with Gasteiger partial charge in [-0.05, 0) is 19.4 Å². The number of carboxylic acids is 1. The molecule has 1 aromatic carbocycles. The third kappa shape index (κ3) is 3.59. The zero-order valence-electron chi connectivity index (χ0n) is 12.0. The lowest BCUT2D eigenvalue weighted by Crippen LogP contribution is -2.43. The standard InChI is InChI=1S/C15H18N2O4/c1-15(2,14(19)20)9-16-13(18)12-8-11(17-21-12)10-6-4-3-5-7-10/h3-7,12H,8-9H2,1-2H3,(H,16,18)(H,19,20). The van der Waals surface area contributed by atoms with Crippen LogP contribution in [0.15, 0.2) is 35.5 Å². The van der Waals surface area contributed by atoms with Gasteiger partial charge in [0, 0.05) is 13.0 Å². The van der Waals surface area contributed by atoms with Gasteiger partial charge in [0.2, 0.25) is 6.10 Å². The zero-order chi connectivity index (χ0) is 15.5. The van der Waals surface area contributed by atoms with Crippen molar-refractivity contribution in [1.29, 1.82) is 0 Å². The van der Waals surface area contributed by atoms with E-state index in [-0.39, 0.29) is 12.5 Å². The van der Waals surface area contributed by atoms with Crippen molar-refractivity contribution in [2.45, 2.75) is 26.4 Å². The second-order valence-corrected chi connectivity index (χ2v) is 5.61. The van der Waals surface area contributed by atoms with E-state index < -0.39 is 17.5 Å². The fraction of sp³-hybridized carbons (Fsp3) is 0.400. The third-order valence-electron chi connectivity index (χ3n) is 3.35. The molecule has 6 nitrogen and oxygen atoms in total. The quantitative estimate of drug-likeness (QED) is 0.858. The van der Waals surface area contributed by atoms with Crippen LogP contribution in [0.4, 0.5) is 0 Å². The Labute approximate surface area is 122 Å². The van der Waals surface area contributed by atoms with E-state index >= 15 is 0 Å². The lowest BCUT2D eigenvalue weighted by atomic mass is 9.94. The number of rotatable bonds is 5. The van der Waals surface area contributed by atoms with Crippen LogP contribution in [-0.4, -0.2) is 35.3 Å². The van der Waals surface area contributed by atoms with E-state index in [9.17, 15) is 9.59 Å². The number of oxime groups is 1. The molecule has 0 radical (unpaired) electrons. The van der Waals surface area contributed by atoms with Crippen LogP contribution in [0.3, 0.4) is 0 Å². The first kappa shape index (κ1) is 15.0. The molecule has 1 heterocycles.